The van der Waals surface area contributed by atoms with Crippen LogP contribution in [0.5, 0.6) is 0 Å². The smallest absolute Gasteiger partial charge is 0.112 e. The largest absolute Gasteiger partial charge is 0.313 e. The van der Waals surface area contributed by atoms with Crippen molar-refractivity contribution in [2.45, 2.75) is 5.37 Å². The minimum absolute atomic E-state index is 0.223. The first kappa shape index (κ1) is 11.4. The third kappa shape index (κ3) is 2.02. The van der Waals surface area contributed by atoms with Crippen molar-refractivity contribution < 1.29 is 0 Å². The maximum Gasteiger partial charge on any atom is 0.112 e. The Balaban J connectivity index is 1.98. The van der Waals surface area contributed by atoms with E-state index in [9.17, 15) is 0 Å². The van der Waals surface area contributed by atoms with Gasteiger partial charge in [-0.05, 0) is 17.7 Å². The van der Waals surface area contributed by atoms with Gasteiger partial charge >= 0.3 is 0 Å². The summed E-state index contributed by atoms with van der Waals surface area (Å²) in [6, 6.07) is 20.6. The maximum absolute atomic E-state index is 8.13. The first-order valence-corrected chi connectivity index (χ1v) is 6.99. The van der Waals surface area contributed by atoms with Crippen molar-refractivity contribution in [3.8, 4) is 0 Å². The fourth-order valence-corrected chi connectivity index (χ4v) is 3.39. The molecule has 3 rings (SSSR count). The lowest BCUT2D eigenvalue weighted by molar-refractivity contribution is 0.988. The Hall–Kier alpha value is -1.74. The Morgan fingerprint density at radius 3 is 2.22 bits per heavy atom. The zero-order chi connectivity index (χ0) is 12.4. The van der Waals surface area contributed by atoms with E-state index in [1.165, 1.54) is 5.56 Å². The Morgan fingerprint density at radius 1 is 0.944 bits per heavy atom. The van der Waals surface area contributed by atoms with Crippen LogP contribution in [-0.2, 0) is 0 Å². The number of nitrogens with one attached hydrogen (secondary N) is 1. The molecule has 18 heavy (non-hydrogen) atoms. The molecular formula is C15H14N2S. The van der Waals surface area contributed by atoms with Gasteiger partial charge in [0.05, 0.1) is 5.75 Å². The average molecular weight is 254 g/mol. The van der Waals surface area contributed by atoms with Gasteiger partial charge in [0.15, 0.2) is 0 Å². The molecule has 0 bridgehead atoms. The van der Waals surface area contributed by atoms with Crippen LogP contribution < -0.4 is 4.90 Å². The molecular weight excluding hydrogens is 240 g/mol. The van der Waals surface area contributed by atoms with E-state index in [0.29, 0.717) is 5.84 Å². The van der Waals surface area contributed by atoms with E-state index in [4.69, 9.17) is 5.41 Å². The molecule has 1 aliphatic rings. The molecule has 0 spiro atoms. The number of anilines is 1. The second-order valence-electron chi connectivity index (χ2n) is 4.23. The molecule has 2 nitrogen and oxygen atoms in total. The summed E-state index contributed by atoms with van der Waals surface area (Å²) in [7, 11) is 0. The molecule has 1 heterocycles. The predicted octanol–water partition coefficient (Wildman–Crippen LogP) is 3.92. The Kier molecular flexibility index (Phi) is 3.07. The number of amidine groups is 1. The molecule has 1 aliphatic heterocycles. The molecule has 2 aromatic carbocycles. The molecule has 1 saturated heterocycles. The number of thioether (sulfide) groups is 1. The van der Waals surface area contributed by atoms with Gasteiger partial charge in [-0.2, -0.15) is 0 Å². The van der Waals surface area contributed by atoms with Gasteiger partial charge in [-0.15, -0.1) is 11.8 Å². The molecule has 0 radical (unpaired) electrons. The fraction of sp³-hybridized carbons (Fsp3) is 0.133. The molecule has 1 fully saturated rings. The van der Waals surface area contributed by atoms with Crippen LogP contribution >= 0.6 is 11.8 Å². The standard InChI is InChI=1S/C15H14N2S/c16-14-11-18-15(12-7-3-1-4-8-12)17(14)13-9-5-2-6-10-13/h1-10,15-16H,11H2. The van der Waals surface area contributed by atoms with Gasteiger partial charge < -0.3 is 4.90 Å². The van der Waals surface area contributed by atoms with Crippen LogP contribution in [0.1, 0.15) is 10.9 Å². The zero-order valence-electron chi connectivity index (χ0n) is 9.91. The Labute approximate surface area is 111 Å². The summed E-state index contributed by atoms with van der Waals surface area (Å²) in [5.74, 6) is 1.45. The van der Waals surface area contributed by atoms with Gasteiger partial charge in [-0.3, -0.25) is 5.41 Å². The van der Waals surface area contributed by atoms with Gasteiger partial charge in [0, 0.05) is 5.69 Å². The van der Waals surface area contributed by atoms with Crippen LogP contribution in [0.15, 0.2) is 60.7 Å². The summed E-state index contributed by atoms with van der Waals surface area (Å²) in [4.78, 5) is 2.11. The quantitative estimate of drug-likeness (QED) is 0.879. The molecule has 1 unspecified atom stereocenters. The van der Waals surface area contributed by atoms with Crippen molar-refractivity contribution in [2.24, 2.45) is 0 Å². The molecule has 1 atom stereocenters. The summed E-state index contributed by atoms with van der Waals surface area (Å²) in [5, 5.41) is 8.35. The second-order valence-corrected chi connectivity index (χ2v) is 5.29. The van der Waals surface area contributed by atoms with Crippen LogP contribution in [0.4, 0.5) is 5.69 Å². The van der Waals surface area contributed by atoms with E-state index in [1.54, 1.807) is 0 Å². The number of hydrogen-bond donors (Lipinski definition) is 1. The zero-order valence-corrected chi connectivity index (χ0v) is 10.7. The number of nitrogens with zero attached hydrogens (tertiary/aromatic N) is 1. The average Bonchev–Trinajstić information content (AvgIpc) is 2.83. The monoisotopic (exact) mass is 254 g/mol. The van der Waals surface area contributed by atoms with Crippen molar-refractivity contribution in [2.75, 3.05) is 10.7 Å². The minimum atomic E-state index is 0.223. The van der Waals surface area contributed by atoms with Gasteiger partial charge in [0.2, 0.25) is 0 Å². The van der Waals surface area contributed by atoms with Gasteiger partial charge in [0.1, 0.15) is 11.2 Å². The lowest BCUT2D eigenvalue weighted by Gasteiger charge is -2.25. The van der Waals surface area contributed by atoms with Crippen molar-refractivity contribution in [1.82, 2.24) is 0 Å². The molecule has 1 N–H and O–H groups in total. The molecule has 0 saturated carbocycles. The highest BCUT2D eigenvalue weighted by atomic mass is 32.2. The van der Waals surface area contributed by atoms with Crippen LogP contribution in [0.25, 0.3) is 0 Å². The van der Waals surface area contributed by atoms with Crippen LogP contribution in [0, 0.1) is 5.41 Å². The molecule has 3 heteroatoms. The Bertz CT molecular complexity index is 539. The summed E-state index contributed by atoms with van der Waals surface area (Å²) in [6.45, 7) is 0. The van der Waals surface area contributed by atoms with E-state index in [2.05, 4.69) is 41.3 Å². The third-order valence-electron chi connectivity index (χ3n) is 3.02. The van der Waals surface area contributed by atoms with E-state index in [1.807, 2.05) is 36.0 Å². The maximum atomic E-state index is 8.13. The predicted molar refractivity (Wildman–Crippen MR) is 78.3 cm³/mol. The number of para-hydroxylation sites is 1. The van der Waals surface area contributed by atoms with Crippen LogP contribution in [0.3, 0.4) is 0 Å². The van der Waals surface area contributed by atoms with Crippen LogP contribution in [-0.4, -0.2) is 11.6 Å². The molecule has 0 aromatic heterocycles. The van der Waals surface area contributed by atoms with Crippen molar-refractivity contribution in [3.05, 3.63) is 66.2 Å². The topological polar surface area (TPSA) is 27.1 Å². The molecule has 0 amide bonds. The van der Waals surface area contributed by atoms with Crippen molar-refractivity contribution in [3.63, 3.8) is 0 Å². The highest BCUT2D eigenvalue weighted by Gasteiger charge is 2.31. The van der Waals surface area contributed by atoms with Crippen molar-refractivity contribution in [1.29, 1.82) is 5.41 Å². The second kappa shape index (κ2) is 4.86. The highest BCUT2D eigenvalue weighted by molar-refractivity contribution is 8.00. The number of benzene rings is 2. The first-order valence-electron chi connectivity index (χ1n) is 5.94. The molecule has 0 aliphatic carbocycles. The van der Waals surface area contributed by atoms with E-state index < -0.39 is 0 Å². The summed E-state index contributed by atoms with van der Waals surface area (Å²) >= 11 is 1.81. The molecule has 90 valence electrons. The normalized spacial score (nSPS) is 19.2. The van der Waals surface area contributed by atoms with E-state index in [0.717, 1.165) is 11.4 Å². The van der Waals surface area contributed by atoms with Gasteiger partial charge in [-0.1, -0.05) is 48.5 Å². The van der Waals surface area contributed by atoms with Crippen LogP contribution in [0.2, 0.25) is 0 Å². The summed E-state index contributed by atoms with van der Waals surface area (Å²) in [5.41, 5.74) is 2.36. The molecule has 2 aromatic rings. The Morgan fingerprint density at radius 2 is 1.56 bits per heavy atom. The SMILES string of the molecule is N=C1CSC(c2ccccc2)N1c1ccccc1. The summed E-state index contributed by atoms with van der Waals surface area (Å²) in [6.07, 6.45) is 0. The first-order chi connectivity index (χ1) is 8.86. The van der Waals surface area contributed by atoms with Gasteiger partial charge in [-0.25, -0.2) is 0 Å². The third-order valence-corrected chi connectivity index (χ3v) is 4.26. The number of rotatable bonds is 2. The van der Waals surface area contributed by atoms with Gasteiger partial charge in [0.25, 0.3) is 0 Å². The highest BCUT2D eigenvalue weighted by Crippen LogP contribution is 2.41. The minimum Gasteiger partial charge on any atom is -0.313 e. The van der Waals surface area contributed by atoms with E-state index >= 15 is 0 Å². The van der Waals surface area contributed by atoms with E-state index in [-0.39, 0.29) is 5.37 Å². The fourth-order valence-electron chi connectivity index (χ4n) is 2.19. The summed E-state index contributed by atoms with van der Waals surface area (Å²) < 4.78 is 0. The lowest BCUT2D eigenvalue weighted by atomic mass is 10.2. The lowest BCUT2D eigenvalue weighted by Crippen LogP contribution is -2.27. The van der Waals surface area contributed by atoms with Crippen molar-refractivity contribution >= 4 is 23.3 Å². The number of hydrogen-bond acceptors (Lipinski definition) is 2.